The highest BCUT2D eigenvalue weighted by Gasteiger charge is 2.46. The molecule has 0 aliphatic carbocycles. The van der Waals surface area contributed by atoms with Crippen LogP contribution in [0.2, 0.25) is 0 Å². The van der Waals surface area contributed by atoms with Crippen molar-refractivity contribution < 1.29 is 0 Å². The smallest absolute Gasteiger partial charge is 0.0136 e. The lowest BCUT2D eigenvalue weighted by molar-refractivity contribution is -0.0718. The Morgan fingerprint density at radius 2 is 1.18 bits per heavy atom. The Bertz CT molecular complexity index is 263. The summed E-state index contributed by atoms with van der Waals surface area (Å²) in [5.41, 5.74) is 0. The molecule has 0 N–H and O–H groups in total. The van der Waals surface area contributed by atoms with E-state index in [0.29, 0.717) is 0 Å². The number of rotatable bonds is 0. The largest absolute Gasteiger partial charge is 0.300 e. The van der Waals surface area contributed by atoms with Crippen LogP contribution in [0.1, 0.15) is 44.9 Å². The molecule has 0 aromatic carbocycles. The molecule has 4 rings (SSSR count). The predicted octanol–water partition coefficient (Wildman–Crippen LogP) is 2.35. The van der Waals surface area contributed by atoms with Gasteiger partial charge in [0.2, 0.25) is 0 Å². The van der Waals surface area contributed by atoms with Crippen LogP contribution in [0.25, 0.3) is 0 Å². The zero-order chi connectivity index (χ0) is 11.2. The molecule has 0 aromatic rings. The molecule has 17 heavy (non-hydrogen) atoms. The van der Waals surface area contributed by atoms with Crippen LogP contribution in [0.15, 0.2) is 0 Å². The van der Waals surface area contributed by atoms with Crippen molar-refractivity contribution >= 4 is 0 Å². The zero-order valence-corrected chi connectivity index (χ0v) is 11.0. The first-order chi connectivity index (χ1) is 8.42. The van der Waals surface area contributed by atoms with E-state index in [2.05, 4.69) is 9.80 Å². The lowest BCUT2D eigenvalue weighted by Gasteiger charge is -2.57. The molecule has 0 aromatic heterocycles. The van der Waals surface area contributed by atoms with E-state index in [4.69, 9.17) is 0 Å². The Hall–Kier alpha value is -0.0800. The monoisotopic (exact) mass is 234 g/mol. The number of hydrogen-bond acceptors (Lipinski definition) is 2. The van der Waals surface area contributed by atoms with Crippen molar-refractivity contribution in [3.63, 3.8) is 0 Å². The van der Waals surface area contributed by atoms with Crippen LogP contribution in [-0.4, -0.2) is 48.1 Å². The van der Waals surface area contributed by atoms with E-state index in [0.717, 1.165) is 23.9 Å². The third kappa shape index (κ3) is 1.76. The van der Waals surface area contributed by atoms with Crippen LogP contribution in [0.3, 0.4) is 0 Å². The van der Waals surface area contributed by atoms with Crippen molar-refractivity contribution in [3.8, 4) is 0 Å². The van der Waals surface area contributed by atoms with E-state index in [1.165, 1.54) is 64.7 Å². The summed E-state index contributed by atoms with van der Waals surface area (Å²) in [6.45, 7) is 5.68. The zero-order valence-electron chi connectivity index (χ0n) is 11.0. The minimum atomic E-state index is 0.961. The summed E-state index contributed by atoms with van der Waals surface area (Å²) in [5.74, 6) is 2.03. The van der Waals surface area contributed by atoms with E-state index in [-0.39, 0.29) is 0 Å². The summed E-state index contributed by atoms with van der Waals surface area (Å²) in [5, 5.41) is 0. The molecule has 4 aliphatic rings. The van der Waals surface area contributed by atoms with Crippen LogP contribution in [0, 0.1) is 11.8 Å². The molecule has 4 fully saturated rings. The van der Waals surface area contributed by atoms with Gasteiger partial charge in [-0.3, -0.25) is 9.80 Å². The van der Waals surface area contributed by atoms with E-state index in [1.807, 2.05) is 0 Å². The average Bonchev–Trinajstić information content (AvgIpc) is 2.39. The molecule has 4 saturated heterocycles. The van der Waals surface area contributed by atoms with Crippen molar-refractivity contribution in [3.05, 3.63) is 0 Å². The SMILES string of the molecule is C1CCN2C[C@H]3C[C@@H](CN4CCCC[C@H]34)C2C1. The summed E-state index contributed by atoms with van der Waals surface area (Å²) in [6.07, 6.45) is 10.5. The highest BCUT2D eigenvalue weighted by atomic mass is 15.3. The van der Waals surface area contributed by atoms with Gasteiger partial charge in [-0.1, -0.05) is 12.8 Å². The van der Waals surface area contributed by atoms with E-state index in [1.54, 1.807) is 6.42 Å². The fraction of sp³-hybridized carbons (Fsp3) is 1.00. The van der Waals surface area contributed by atoms with E-state index >= 15 is 0 Å². The van der Waals surface area contributed by atoms with Gasteiger partial charge >= 0.3 is 0 Å². The topological polar surface area (TPSA) is 6.48 Å². The fourth-order valence-electron chi connectivity index (χ4n) is 5.25. The number of hydrogen-bond donors (Lipinski definition) is 0. The van der Waals surface area contributed by atoms with Crippen LogP contribution < -0.4 is 0 Å². The van der Waals surface area contributed by atoms with E-state index in [9.17, 15) is 0 Å². The molecule has 96 valence electrons. The van der Waals surface area contributed by atoms with Gasteiger partial charge in [0.05, 0.1) is 0 Å². The van der Waals surface area contributed by atoms with Gasteiger partial charge in [-0.15, -0.1) is 0 Å². The third-order valence-electron chi connectivity index (χ3n) is 5.96. The van der Waals surface area contributed by atoms with Crippen molar-refractivity contribution in [2.45, 2.75) is 57.0 Å². The molecule has 0 amide bonds. The molecule has 2 nitrogen and oxygen atoms in total. The second kappa shape index (κ2) is 4.24. The maximum Gasteiger partial charge on any atom is 0.0136 e. The summed E-state index contributed by atoms with van der Waals surface area (Å²) >= 11 is 0. The molecule has 2 bridgehead atoms. The summed E-state index contributed by atoms with van der Waals surface area (Å²) < 4.78 is 0. The highest BCUT2D eigenvalue weighted by Crippen LogP contribution is 2.42. The lowest BCUT2D eigenvalue weighted by atomic mass is 9.71. The minimum absolute atomic E-state index is 0.961. The molecule has 0 spiro atoms. The summed E-state index contributed by atoms with van der Waals surface area (Å²) in [7, 11) is 0. The van der Waals surface area contributed by atoms with Crippen LogP contribution >= 0.6 is 0 Å². The standard InChI is InChI=1S/C15H26N2/c1-3-7-16-11-13-9-12(14(16)5-1)10-17-8-4-2-6-15(13)17/h12-15H,1-11H2/t12-,13+,14-,15?/m1/s1. The van der Waals surface area contributed by atoms with Crippen molar-refractivity contribution in [1.29, 1.82) is 0 Å². The van der Waals surface area contributed by atoms with Gasteiger partial charge in [0.25, 0.3) is 0 Å². The van der Waals surface area contributed by atoms with Gasteiger partial charge < -0.3 is 0 Å². The third-order valence-corrected chi connectivity index (χ3v) is 5.96. The van der Waals surface area contributed by atoms with Gasteiger partial charge in [-0.05, 0) is 57.0 Å². The predicted molar refractivity (Wildman–Crippen MR) is 70.0 cm³/mol. The Morgan fingerprint density at radius 1 is 0.647 bits per heavy atom. The molecule has 2 heteroatoms. The molecule has 4 aliphatic heterocycles. The van der Waals surface area contributed by atoms with Gasteiger partial charge in [0, 0.05) is 25.2 Å². The second-order valence-electron chi connectivity index (χ2n) is 6.87. The quantitative estimate of drug-likeness (QED) is 0.635. The maximum absolute atomic E-state index is 2.87. The average molecular weight is 234 g/mol. The summed E-state index contributed by atoms with van der Waals surface area (Å²) in [4.78, 5) is 5.74. The number of piperidine rings is 4. The van der Waals surface area contributed by atoms with Gasteiger partial charge in [-0.25, -0.2) is 0 Å². The van der Waals surface area contributed by atoms with Gasteiger partial charge in [0.1, 0.15) is 0 Å². The van der Waals surface area contributed by atoms with Crippen molar-refractivity contribution in [2.24, 2.45) is 11.8 Å². The number of nitrogens with zero attached hydrogens (tertiary/aromatic N) is 2. The first-order valence-electron chi connectivity index (χ1n) is 7.90. The van der Waals surface area contributed by atoms with Gasteiger partial charge in [-0.2, -0.15) is 0 Å². The molecule has 4 heterocycles. The Balaban J connectivity index is 1.56. The molecular weight excluding hydrogens is 208 g/mol. The fourth-order valence-corrected chi connectivity index (χ4v) is 5.25. The summed E-state index contributed by atoms with van der Waals surface area (Å²) in [6, 6.07) is 1.92. The van der Waals surface area contributed by atoms with Crippen molar-refractivity contribution in [1.82, 2.24) is 9.80 Å². The molecule has 0 saturated carbocycles. The van der Waals surface area contributed by atoms with Crippen LogP contribution in [-0.2, 0) is 0 Å². The normalized spacial score (nSPS) is 47.3. The molecule has 1 unspecified atom stereocenters. The highest BCUT2D eigenvalue weighted by molar-refractivity contribution is 5.00. The van der Waals surface area contributed by atoms with E-state index < -0.39 is 0 Å². The molecule has 4 atom stereocenters. The van der Waals surface area contributed by atoms with Crippen molar-refractivity contribution in [2.75, 3.05) is 26.2 Å². The molecular formula is C15H26N2. The second-order valence-corrected chi connectivity index (χ2v) is 6.87. The minimum Gasteiger partial charge on any atom is -0.300 e. The van der Waals surface area contributed by atoms with Crippen LogP contribution in [0.4, 0.5) is 0 Å². The first-order valence-corrected chi connectivity index (χ1v) is 7.90. The lowest BCUT2D eigenvalue weighted by Crippen LogP contribution is -2.63. The van der Waals surface area contributed by atoms with Gasteiger partial charge in [0.15, 0.2) is 0 Å². The Kier molecular flexibility index (Phi) is 2.69. The maximum atomic E-state index is 2.87. The Labute approximate surface area is 105 Å². The first kappa shape index (κ1) is 10.8. The number of fused-ring (bicyclic) bond motifs is 6. The Morgan fingerprint density at radius 3 is 1.71 bits per heavy atom. The molecule has 0 radical (unpaired) electrons. The van der Waals surface area contributed by atoms with Crippen LogP contribution in [0.5, 0.6) is 0 Å².